The Hall–Kier alpha value is -6.53. The predicted octanol–water partition coefficient (Wildman–Crippen LogP) is 7.57. The standard InChI is InChI=1S/C45H42N6O6/c1-54-33-13-7-27(8-14-33)22-50-24-31-5-4-6-39(41(31)45(50)53)51(44(52)32-20-46-42(47-21-32)29-10-11-29)23-28-9-16-35-36-25-57-26-37(36)43(49-38(35)17-28)48-19-30-12-15-34(55-2)18-40(30)56-3/h4-9,12-18,20-21,29H,10-11,19,22-26H2,1-3H3,(H,48,49). The van der Waals surface area contributed by atoms with E-state index in [1.165, 1.54) is 0 Å². The lowest BCUT2D eigenvalue weighted by atomic mass is 10.0. The largest absolute Gasteiger partial charge is 0.497 e. The molecule has 0 radical (unpaired) electrons. The first kappa shape index (κ1) is 36.1. The van der Waals surface area contributed by atoms with E-state index in [1.807, 2.05) is 77.7 Å². The molecular weight excluding hydrogens is 721 g/mol. The fourth-order valence-electron chi connectivity index (χ4n) is 7.73. The molecule has 2 amide bonds. The lowest BCUT2D eigenvalue weighted by molar-refractivity contribution is 0.0767. The zero-order chi connectivity index (χ0) is 39.0. The Kier molecular flexibility index (Phi) is 9.63. The minimum absolute atomic E-state index is 0.130. The number of amides is 2. The molecule has 2 aromatic heterocycles. The van der Waals surface area contributed by atoms with Crippen LogP contribution in [0.1, 0.15) is 78.7 Å². The van der Waals surface area contributed by atoms with Crippen molar-refractivity contribution in [3.8, 4) is 17.2 Å². The molecule has 3 aliphatic rings. The van der Waals surface area contributed by atoms with E-state index in [9.17, 15) is 9.59 Å². The summed E-state index contributed by atoms with van der Waals surface area (Å²) < 4.78 is 22.3. The molecule has 1 saturated carbocycles. The number of ether oxygens (including phenoxy) is 4. The van der Waals surface area contributed by atoms with Crippen LogP contribution in [0.5, 0.6) is 17.2 Å². The Labute approximate surface area is 330 Å². The van der Waals surface area contributed by atoms with Gasteiger partial charge in [-0.1, -0.05) is 36.4 Å². The Morgan fingerprint density at radius 3 is 2.39 bits per heavy atom. The summed E-state index contributed by atoms with van der Waals surface area (Å²) in [7, 11) is 4.90. The lowest BCUT2D eigenvalue weighted by Gasteiger charge is -2.25. The van der Waals surface area contributed by atoms with E-state index in [1.54, 1.807) is 38.6 Å². The molecule has 2 aliphatic heterocycles. The Bertz CT molecular complexity index is 2500. The van der Waals surface area contributed by atoms with E-state index in [-0.39, 0.29) is 18.4 Å². The van der Waals surface area contributed by atoms with E-state index < -0.39 is 0 Å². The van der Waals surface area contributed by atoms with Crippen LogP contribution < -0.4 is 24.4 Å². The smallest absolute Gasteiger partial charge is 0.261 e. The summed E-state index contributed by atoms with van der Waals surface area (Å²) >= 11 is 0. The summed E-state index contributed by atoms with van der Waals surface area (Å²) in [5.74, 6) is 3.60. The summed E-state index contributed by atoms with van der Waals surface area (Å²) in [6.07, 6.45) is 5.34. The summed E-state index contributed by atoms with van der Waals surface area (Å²) in [4.78, 5) is 46.6. The highest BCUT2D eigenvalue weighted by Crippen LogP contribution is 2.39. The van der Waals surface area contributed by atoms with Gasteiger partial charge in [-0.2, -0.15) is 0 Å². The van der Waals surface area contributed by atoms with E-state index in [0.717, 1.165) is 74.5 Å². The minimum Gasteiger partial charge on any atom is -0.497 e. The second-order valence-electron chi connectivity index (χ2n) is 14.6. The van der Waals surface area contributed by atoms with Gasteiger partial charge in [0, 0.05) is 60.5 Å². The molecule has 0 unspecified atom stereocenters. The number of pyridine rings is 1. The van der Waals surface area contributed by atoms with Crippen LogP contribution >= 0.6 is 0 Å². The number of fused-ring (bicyclic) bond motifs is 4. The SMILES string of the molecule is COc1ccc(CN2Cc3cccc(N(Cc4ccc5c6c(c(NCc7ccc(OC)cc7OC)nc5c4)COC6)C(=O)c4cnc(C5CC5)nc4)c3C2=O)cc1. The number of carbonyl (C=O) groups excluding carboxylic acids is 2. The number of benzene rings is 4. The van der Waals surface area contributed by atoms with E-state index >= 15 is 0 Å². The zero-order valence-corrected chi connectivity index (χ0v) is 32.1. The number of anilines is 2. The van der Waals surface area contributed by atoms with Crippen LogP contribution in [0.2, 0.25) is 0 Å². The summed E-state index contributed by atoms with van der Waals surface area (Å²) in [5, 5.41) is 4.52. The Morgan fingerprint density at radius 1 is 0.877 bits per heavy atom. The van der Waals surface area contributed by atoms with Crippen LogP contribution in [-0.2, 0) is 44.1 Å². The van der Waals surface area contributed by atoms with Crippen molar-refractivity contribution in [2.45, 2.75) is 58.2 Å². The molecule has 0 spiro atoms. The molecule has 1 aliphatic carbocycles. The predicted molar refractivity (Wildman–Crippen MR) is 215 cm³/mol. The maximum Gasteiger partial charge on any atom is 0.261 e. The van der Waals surface area contributed by atoms with Gasteiger partial charge in [-0.05, 0) is 71.5 Å². The van der Waals surface area contributed by atoms with Crippen molar-refractivity contribution in [2.75, 3.05) is 31.5 Å². The lowest BCUT2D eigenvalue weighted by Crippen LogP contribution is -2.33. The van der Waals surface area contributed by atoms with Crippen molar-refractivity contribution < 1.29 is 28.5 Å². The van der Waals surface area contributed by atoms with Crippen LogP contribution in [0.4, 0.5) is 11.5 Å². The van der Waals surface area contributed by atoms with Crippen LogP contribution in [0.3, 0.4) is 0 Å². The molecule has 57 heavy (non-hydrogen) atoms. The topological polar surface area (TPSA) is 128 Å². The van der Waals surface area contributed by atoms with Gasteiger partial charge in [-0.15, -0.1) is 0 Å². The first-order valence-electron chi connectivity index (χ1n) is 19.1. The van der Waals surface area contributed by atoms with Crippen LogP contribution in [-0.4, -0.2) is 53.0 Å². The third kappa shape index (κ3) is 7.08. The van der Waals surface area contributed by atoms with Crippen LogP contribution in [0, 0.1) is 0 Å². The average molecular weight is 763 g/mol. The van der Waals surface area contributed by atoms with Gasteiger partial charge >= 0.3 is 0 Å². The molecule has 6 aromatic rings. The van der Waals surface area contributed by atoms with Crippen molar-refractivity contribution in [2.24, 2.45) is 0 Å². The fourth-order valence-corrected chi connectivity index (χ4v) is 7.73. The normalized spacial score (nSPS) is 14.4. The second-order valence-corrected chi connectivity index (χ2v) is 14.6. The van der Waals surface area contributed by atoms with Gasteiger partial charge in [0.25, 0.3) is 11.8 Å². The number of methoxy groups -OCH3 is 3. The first-order chi connectivity index (χ1) is 27.9. The van der Waals surface area contributed by atoms with Gasteiger partial charge in [0.2, 0.25) is 0 Å². The van der Waals surface area contributed by atoms with Crippen LogP contribution in [0.15, 0.2) is 91.3 Å². The zero-order valence-electron chi connectivity index (χ0n) is 32.1. The van der Waals surface area contributed by atoms with E-state index in [2.05, 4.69) is 21.4 Å². The number of aromatic nitrogens is 3. The Balaban J connectivity index is 1.05. The molecule has 1 fully saturated rings. The molecule has 0 atom stereocenters. The van der Waals surface area contributed by atoms with Crippen molar-refractivity contribution in [1.82, 2.24) is 19.9 Å². The van der Waals surface area contributed by atoms with Gasteiger partial charge in [0.15, 0.2) is 0 Å². The number of hydrogen-bond donors (Lipinski definition) is 1. The van der Waals surface area contributed by atoms with Crippen molar-refractivity contribution in [3.63, 3.8) is 0 Å². The van der Waals surface area contributed by atoms with Crippen molar-refractivity contribution in [3.05, 3.63) is 142 Å². The van der Waals surface area contributed by atoms with E-state index in [0.29, 0.717) is 67.1 Å². The molecule has 4 heterocycles. The first-order valence-corrected chi connectivity index (χ1v) is 19.1. The summed E-state index contributed by atoms with van der Waals surface area (Å²) in [6.45, 7) is 2.44. The average Bonchev–Trinajstić information content (AvgIpc) is 3.90. The molecule has 288 valence electrons. The minimum atomic E-state index is -0.293. The van der Waals surface area contributed by atoms with Crippen molar-refractivity contribution in [1.29, 1.82) is 0 Å². The third-order valence-electron chi connectivity index (χ3n) is 11.0. The maximum atomic E-state index is 14.6. The number of hydrogen-bond acceptors (Lipinski definition) is 10. The van der Waals surface area contributed by atoms with Gasteiger partial charge in [0.05, 0.1) is 63.4 Å². The summed E-state index contributed by atoms with van der Waals surface area (Å²) in [6, 6.07) is 25.2. The van der Waals surface area contributed by atoms with E-state index in [4.69, 9.17) is 23.9 Å². The van der Waals surface area contributed by atoms with Gasteiger partial charge in [-0.3, -0.25) is 9.59 Å². The quantitative estimate of drug-likeness (QED) is 0.126. The molecule has 0 saturated heterocycles. The monoisotopic (exact) mass is 762 g/mol. The molecule has 12 heteroatoms. The highest BCUT2D eigenvalue weighted by atomic mass is 16.5. The fraction of sp³-hybridized carbons (Fsp3) is 0.267. The number of nitrogens with one attached hydrogen (secondary N) is 1. The molecule has 9 rings (SSSR count). The van der Waals surface area contributed by atoms with Gasteiger partial charge < -0.3 is 34.1 Å². The third-order valence-corrected chi connectivity index (χ3v) is 11.0. The second kappa shape index (κ2) is 15.2. The number of nitrogens with zero attached hydrogens (tertiary/aromatic N) is 5. The molecule has 0 bridgehead atoms. The molecule has 1 N–H and O–H groups in total. The highest BCUT2D eigenvalue weighted by molar-refractivity contribution is 6.11. The van der Waals surface area contributed by atoms with Crippen molar-refractivity contribution >= 4 is 34.2 Å². The highest BCUT2D eigenvalue weighted by Gasteiger charge is 2.34. The maximum absolute atomic E-state index is 14.6. The van der Waals surface area contributed by atoms with Gasteiger partial charge in [0.1, 0.15) is 28.9 Å². The number of rotatable bonds is 13. The molecule has 12 nitrogen and oxygen atoms in total. The summed E-state index contributed by atoms with van der Waals surface area (Å²) in [5.41, 5.74) is 7.93. The van der Waals surface area contributed by atoms with Gasteiger partial charge in [-0.25, -0.2) is 15.0 Å². The van der Waals surface area contributed by atoms with Crippen LogP contribution in [0.25, 0.3) is 10.9 Å². The molecule has 4 aromatic carbocycles. The number of carbonyl (C=O) groups is 2. The Morgan fingerprint density at radius 2 is 1.63 bits per heavy atom. The molecular formula is C45H42N6O6.